The molecule has 4 heteroatoms. The van der Waals surface area contributed by atoms with Gasteiger partial charge in [0.15, 0.2) is 0 Å². The zero-order chi connectivity index (χ0) is 12.1. The molecule has 1 aromatic rings. The summed E-state index contributed by atoms with van der Waals surface area (Å²) < 4.78 is 5.13. The first-order valence-corrected chi connectivity index (χ1v) is 6.07. The average Bonchev–Trinajstić information content (AvgIpc) is 2.25. The fourth-order valence-corrected chi connectivity index (χ4v) is 2.19. The van der Waals surface area contributed by atoms with Crippen LogP contribution in [0.4, 0.5) is 0 Å². The molecule has 0 amide bonds. The molecule has 0 aliphatic heterocycles. The molecular weight excluding hydrogens is 245 g/mol. The van der Waals surface area contributed by atoms with Gasteiger partial charge in [0.05, 0.1) is 12.1 Å². The maximum atomic E-state index is 6.10. The molecule has 0 fully saturated rings. The molecule has 90 valence electrons. The van der Waals surface area contributed by atoms with Crippen LogP contribution >= 0.6 is 23.2 Å². The van der Waals surface area contributed by atoms with Crippen molar-refractivity contribution in [1.29, 1.82) is 0 Å². The largest absolute Gasteiger partial charge is 0.495 e. The normalized spacial score (nSPS) is 12.9. The third-order valence-corrected chi connectivity index (χ3v) is 3.08. The highest BCUT2D eigenvalue weighted by Crippen LogP contribution is 2.30. The van der Waals surface area contributed by atoms with Crippen LogP contribution in [0.3, 0.4) is 0 Å². The third kappa shape index (κ3) is 3.27. The summed E-state index contributed by atoms with van der Waals surface area (Å²) in [5.41, 5.74) is 1.16. The maximum absolute atomic E-state index is 6.10. The lowest BCUT2D eigenvalue weighted by Gasteiger charge is -2.24. The molecule has 0 aliphatic rings. The highest BCUT2D eigenvalue weighted by atomic mass is 35.5. The van der Waals surface area contributed by atoms with E-state index < -0.39 is 0 Å². The number of rotatable bonds is 5. The number of nitrogens with zero attached hydrogens (tertiary/aromatic N) is 1. The number of ether oxygens (including phenoxy) is 1. The van der Waals surface area contributed by atoms with Gasteiger partial charge in [-0.2, -0.15) is 0 Å². The lowest BCUT2D eigenvalue weighted by molar-refractivity contribution is 0.293. The molecule has 0 saturated carbocycles. The van der Waals surface area contributed by atoms with Crippen LogP contribution in [0.15, 0.2) is 18.2 Å². The van der Waals surface area contributed by atoms with Crippen molar-refractivity contribution in [3.05, 3.63) is 28.8 Å². The number of hydrogen-bond donors (Lipinski definition) is 0. The van der Waals surface area contributed by atoms with Gasteiger partial charge in [0.1, 0.15) is 5.75 Å². The van der Waals surface area contributed by atoms with Crippen LogP contribution in [0.1, 0.15) is 18.0 Å². The van der Waals surface area contributed by atoms with Gasteiger partial charge in [0.25, 0.3) is 0 Å². The highest BCUT2D eigenvalue weighted by Gasteiger charge is 2.14. The van der Waals surface area contributed by atoms with Gasteiger partial charge in [-0.3, -0.25) is 0 Å². The minimum Gasteiger partial charge on any atom is -0.495 e. The summed E-state index contributed by atoms with van der Waals surface area (Å²) in [7, 11) is 5.69. The van der Waals surface area contributed by atoms with E-state index in [1.54, 1.807) is 7.11 Å². The molecule has 0 N–H and O–H groups in total. The van der Waals surface area contributed by atoms with E-state index >= 15 is 0 Å². The van der Waals surface area contributed by atoms with Crippen LogP contribution in [-0.2, 0) is 0 Å². The summed E-state index contributed by atoms with van der Waals surface area (Å²) >= 11 is 11.9. The van der Waals surface area contributed by atoms with Crippen molar-refractivity contribution in [2.75, 3.05) is 27.1 Å². The first-order valence-electron chi connectivity index (χ1n) is 5.16. The zero-order valence-electron chi connectivity index (χ0n) is 9.84. The molecule has 1 unspecified atom stereocenters. The van der Waals surface area contributed by atoms with Crippen molar-refractivity contribution >= 4 is 23.2 Å². The molecule has 0 radical (unpaired) electrons. The molecule has 0 saturated heterocycles. The van der Waals surface area contributed by atoms with E-state index in [0.717, 1.165) is 12.0 Å². The topological polar surface area (TPSA) is 12.5 Å². The number of benzene rings is 1. The maximum Gasteiger partial charge on any atom is 0.137 e. The summed E-state index contributed by atoms with van der Waals surface area (Å²) in [6, 6.07) is 6.16. The van der Waals surface area contributed by atoms with E-state index in [0.29, 0.717) is 22.7 Å². The second-order valence-electron chi connectivity index (χ2n) is 3.85. The Kier molecular flexibility index (Phi) is 5.39. The van der Waals surface area contributed by atoms with Crippen LogP contribution in [0.2, 0.25) is 5.02 Å². The van der Waals surface area contributed by atoms with Crippen molar-refractivity contribution in [3.63, 3.8) is 0 Å². The van der Waals surface area contributed by atoms with Crippen LogP contribution < -0.4 is 4.74 Å². The van der Waals surface area contributed by atoms with Gasteiger partial charge in [0, 0.05) is 11.9 Å². The first kappa shape index (κ1) is 13.6. The van der Waals surface area contributed by atoms with Crippen molar-refractivity contribution in [2.45, 2.75) is 12.5 Å². The predicted molar refractivity (Wildman–Crippen MR) is 69.8 cm³/mol. The monoisotopic (exact) mass is 261 g/mol. The standard InChI is InChI=1S/C12H17Cl2NO/c1-15(2)11(6-7-13)9-4-5-12(16-3)10(14)8-9/h4-5,8,11H,6-7H2,1-3H3. The van der Waals surface area contributed by atoms with E-state index in [9.17, 15) is 0 Å². The third-order valence-electron chi connectivity index (χ3n) is 2.57. The predicted octanol–water partition coefficient (Wildman–Crippen LogP) is 3.58. The molecular formula is C12H17Cl2NO. The summed E-state index contributed by atoms with van der Waals surface area (Å²) in [5.74, 6) is 1.33. The molecule has 0 aromatic heterocycles. The smallest absolute Gasteiger partial charge is 0.137 e. The Morgan fingerprint density at radius 3 is 2.50 bits per heavy atom. The Hall–Kier alpha value is -0.440. The Balaban J connectivity index is 2.97. The highest BCUT2D eigenvalue weighted by molar-refractivity contribution is 6.32. The minimum absolute atomic E-state index is 0.293. The Bertz CT molecular complexity index is 342. The lowest BCUT2D eigenvalue weighted by Crippen LogP contribution is -2.20. The number of hydrogen-bond acceptors (Lipinski definition) is 2. The van der Waals surface area contributed by atoms with E-state index in [4.69, 9.17) is 27.9 Å². The lowest BCUT2D eigenvalue weighted by atomic mass is 10.0. The molecule has 1 atom stereocenters. The second kappa shape index (κ2) is 6.33. The molecule has 0 aliphatic carbocycles. The van der Waals surface area contributed by atoms with Gasteiger partial charge in [0.2, 0.25) is 0 Å². The van der Waals surface area contributed by atoms with Gasteiger partial charge >= 0.3 is 0 Å². The Morgan fingerprint density at radius 2 is 2.06 bits per heavy atom. The summed E-state index contributed by atoms with van der Waals surface area (Å²) in [4.78, 5) is 2.14. The average molecular weight is 262 g/mol. The molecule has 1 aromatic carbocycles. The van der Waals surface area contributed by atoms with Gasteiger partial charge in [-0.25, -0.2) is 0 Å². The van der Waals surface area contributed by atoms with E-state index in [2.05, 4.69) is 4.90 Å². The Labute approximate surface area is 107 Å². The number of methoxy groups -OCH3 is 1. The van der Waals surface area contributed by atoms with Crippen LogP contribution in [0.25, 0.3) is 0 Å². The second-order valence-corrected chi connectivity index (χ2v) is 4.64. The number of alkyl halides is 1. The van der Waals surface area contributed by atoms with E-state index in [1.807, 2.05) is 32.3 Å². The van der Waals surface area contributed by atoms with E-state index in [-0.39, 0.29) is 0 Å². The summed E-state index contributed by atoms with van der Waals surface area (Å²) in [6.07, 6.45) is 0.900. The first-order chi connectivity index (χ1) is 7.60. The molecule has 2 nitrogen and oxygen atoms in total. The van der Waals surface area contributed by atoms with Crippen molar-refractivity contribution in [2.24, 2.45) is 0 Å². The number of halogens is 2. The SMILES string of the molecule is COc1ccc(C(CCCl)N(C)C)cc1Cl. The summed E-state index contributed by atoms with van der Waals surface area (Å²) in [5, 5.41) is 0.640. The van der Waals surface area contributed by atoms with Gasteiger partial charge in [-0.05, 0) is 38.2 Å². The van der Waals surface area contributed by atoms with E-state index in [1.165, 1.54) is 0 Å². The fraction of sp³-hybridized carbons (Fsp3) is 0.500. The molecule has 0 bridgehead atoms. The molecule has 1 rings (SSSR count). The molecule has 16 heavy (non-hydrogen) atoms. The Morgan fingerprint density at radius 1 is 1.38 bits per heavy atom. The molecule has 0 heterocycles. The van der Waals surface area contributed by atoms with Crippen LogP contribution in [-0.4, -0.2) is 32.0 Å². The summed E-state index contributed by atoms with van der Waals surface area (Å²) in [6.45, 7) is 0. The minimum atomic E-state index is 0.293. The van der Waals surface area contributed by atoms with Crippen molar-refractivity contribution in [1.82, 2.24) is 4.90 Å². The fourth-order valence-electron chi connectivity index (χ4n) is 1.72. The van der Waals surface area contributed by atoms with Crippen molar-refractivity contribution in [3.8, 4) is 5.75 Å². The van der Waals surface area contributed by atoms with Crippen LogP contribution in [0.5, 0.6) is 5.75 Å². The van der Waals surface area contributed by atoms with Gasteiger partial charge < -0.3 is 9.64 Å². The molecule has 0 spiro atoms. The zero-order valence-corrected chi connectivity index (χ0v) is 11.3. The quantitative estimate of drug-likeness (QED) is 0.752. The van der Waals surface area contributed by atoms with Crippen LogP contribution in [0, 0.1) is 0 Å². The van der Waals surface area contributed by atoms with Gasteiger partial charge in [-0.15, -0.1) is 11.6 Å². The van der Waals surface area contributed by atoms with Gasteiger partial charge in [-0.1, -0.05) is 17.7 Å². The van der Waals surface area contributed by atoms with Crippen molar-refractivity contribution < 1.29 is 4.74 Å².